The second kappa shape index (κ2) is 8.96. The molecule has 2 aliphatic rings. The maximum atomic E-state index is 13.4. The molecule has 0 bridgehead atoms. The highest BCUT2D eigenvalue weighted by atomic mass is 19.1. The van der Waals surface area contributed by atoms with Crippen molar-refractivity contribution in [2.24, 2.45) is 5.92 Å². The molecule has 0 aromatic heterocycles. The topological polar surface area (TPSA) is 61.9 Å². The average molecular weight is 426 g/mol. The number of anilines is 1. The maximum Gasteiger partial charge on any atom is 0.324 e. The standard InChI is InChI=1S/C24H28FN3O3/c1-16-5-10-22-21(12-16)28(14-17(2)31-22)24(30)27-11-3-4-19(15-27)23(29)26-13-18-6-8-20(25)9-7-18/h5-10,12,17,19H,3-4,11,13-15H2,1-2H3,(H,26,29)/t17-,19-/m1/s1. The number of rotatable bonds is 3. The molecule has 2 heterocycles. The van der Waals surface area contributed by atoms with E-state index in [1.165, 1.54) is 12.1 Å². The molecule has 0 saturated carbocycles. The quantitative estimate of drug-likeness (QED) is 0.812. The summed E-state index contributed by atoms with van der Waals surface area (Å²) in [5.74, 6) is 0.0796. The van der Waals surface area contributed by atoms with Crippen molar-refractivity contribution in [2.45, 2.75) is 39.3 Å². The number of nitrogens with zero attached hydrogens (tertiary/aromatic N) is 2. The van der Waals surface area contributed by atoms with E-state index in [9.17, 15) is 14.0 Å². The predicted molar refractivity (Wildman–Crippen MR) is 117 cm³/mol. The number of nitrogens with one attached hydrogen (secondary N) is 1. The first-order valence-corrected chi connectivity index (χ1v) is 10.8. The van der Waals surface area contributed by atoms with E-state index in [4.69, 9.17) is 4.74 Å². The molecule has 1 N–H and O–H groups in total. The summed E-state index contributed by atoms with van der Waals surface area (Å²) in [6.45, 7) is 5.78. The Hall–Kier alpha value is -3.09. The van der Waals surface area contributed by atoms with Gasteiger partial charge in [-0.05, 0) is 62.1 Å². The monoisotopic (exact) mass is 425 g/mol. The summed E-state index contributed by atoms with van der Waals surface area (Å²) in [7, 11) is 0. The molecule has 0 spiro atoms. The van der Waals surface area contributed by atoms with Crippen LogP contribution in [0.3, 0.4) is 0 Å². The Bertz CT molecular complexity index is 963. The molecule has 0 unspecified atom stereocenters. The second-order valence-corrected chi connectivity index (χ2v) is 8.42. The number of piperidine rings is 1. The Balaban J connectivity index is 1.41. The van der Waals surface area contributed by atoms with Crippen LogP contribution in [0.2, 0.25) is 0 Å². The second-order valence-electron chi connectivity index (χ2n) is 8.42. The molecule has 2 aromatic rings. The van der Waals surface area contributed by atoms with Crippen LogP contribution in [0.25, 0.3) is 0 Å². The van der Waals surface area contributed by atoms with Crippen LogP contribution < -0.4 is 15.0 Å². The number of carbonyl (C=O) groups is 2. The van der Waals surface area contributed by atoms with Crippen molar-refractivity contribution in [2.75, 3.05) is 24.5 Å². The average Bonchev–Trinajstić information content (AvgIpc) is 2.78. The lowest BCUT2D eigenvalue weighted by Crippen LogP contribution is -2.53. The Labute approximate surface area is 182 Å². The number of aryl methyl sites for hydroxylation is 1. The molecule has 4 rings (SSSR count). The van der Waals surface area contributed by atoms with Gasteiger partial charge in [0.1, 0.15) is 17.7 Å². The molecule has 0 radical (unpaired) electrons. The zero-order chi connectivity index (χ0) is 22.0. The number of carbonyl (C=O) groups excluding carboxylic acids is 2. The fourth-order valence-corrected chi connectivity index (χ4v) is 4.20. The highest BCUT2D eigenvalue weighted by molar-refractivity contribution is 5.94. The van der Waals surface area contributed by atoms with E-state index in [2.05, 4.69) is 5.32 Å². The van der Waals surface area contributed by atoms with E-state index in [1.54, 1.807) is 21.9 Å². The third-order valence-corrected chi connectivity index (χ3v) is 5.85. The van der Waals surface area contributed by atoms with Crippen LogP contribution in [-0.2, 0) is 11.3 Å². The largest absolute Gasteiger partial charge is 0.487 e. The van der Waals surface area contributed by atoms with Crippen molar-refractivity contribution in [1.82, 2.24) is 10.2 Å². The fourth-order valence-electron chi connectivity index (χ4n) is 4.20. The third-order valence-electron chi connectivity index (χ3n) is 5.85. The van der Waals surface area contributed by atoms with Crippen LogP contribution in [-0.4, -0.2) is 42.6 Å². The van der Waals surface area contributed by atoms with E-state index < -0.39 is 0 Å². The van der Waals surface area contributed by atoms with Crippen molar-refractivity contribution in [1.29, 1.82) is 0 Å². The molecule has 2 atom stereocenters. The van der Waals surface area contributed by atoms with Gasteiger partial charge in [-0.2, -0.15) is 0 Å². The lowest BCUT2D eigenvalue weighted by Gasteiger charge is -2.39. The van der Waals surface area contributed by atoms with Gasteiger partial charge in [0.05, 0.1) is 18.2 Å². The molecule has 3 amide bonds. The highest BCUT2D eigenvalue weighted by Crippen LogP contribution is 2.35. The van der Waals surface area contributed by atoms with E-state index in [1.807, 2.05) is 32.0 Å². The van der Waals surface area contributed by atoms with Gasteiger partial charge in [0.2, 0.25) is 5.91 Å². The fraction of sp³-hybridized carbons (Fsp3) is 0.417. The van der Waals surface area contributed by atoms with E-state index in [0.29, 0.717) is 31.9 Å². The zero-order valence-corrected chi connectivity index (χ0v) is 17.9. The van der Waals surface area contributed by atoms with Crippen LogP contribution in [0.5, 0.6) is 5.75 Å². The zero-order valence-electron chi connectivity index (χ0n) is 17.9. The third kappa shape index (κ3) is 4.81. The summed E-state index contributed by atoms with van der Waals surface area (Å²) in [5, 5.41) is 2.92. The molecule has 0 aliphatic carbocycles. The Morgan fingerprint density at radius 3 is 2.71 bits per heavy atom. The van der Waals surface area contributed by atoms with Gasteiger partial charge in [0, 0.05) is 19.6 Å². The molecule has 1 fully saturated rings. The lowest BCUT2D eigenvalue weighted by molar-refractivity contribution is -0.126. The van der Waals surface area contributed by atoms with E-state index >= 15 is 0 Å². The Morgan fingerprint density at radius 2 is 1.94 bits per heavy atom. The van der Waals surface area contributed by atoms with Gasteiger partial charge in [-0.25, -0.2) is 9.18 Å². The van der Waals surface area contributed by atoms with Gasteiger partial charge in [-0.15, -0.1) is 0 Å². The van der Waals surface area contributed by atoms with Crippen molar-refractivity contribution in [3.8, 4) is 5.75 Å². The number of ether oxygens (including phenoxy) is 1. The van der Waals surface area contributed by atoms with Gasteiger partial charge in [-0.3, -0.25) is 9.69 Å². The number of amides is 3. The first kappa shape index (κ1) is 21.2. The molecule has 2 aliphatic heterocycles. The number of fused-ring (bicyclic) bond motifs is 1. The summed E-state index contributed by atoms with van der Waals surface area (Å²) in [6, 6.07) is 11.8. The number of likely N-dealkylation sites (tertiary alicyclic amines) is 1. The van der Waals surface area contributed by atoms with Crippen LogP contribution in [0.1, 0.15) is 30.9 Å². The highest BCUT2D eigenvalue weighted by Gasteiger charge is 2.34. The van der Waals surface area contributed by atoms with Crippen molar-refractivity contribution < 1.29 is 18.7 Å². The summed E-state index contributed by atoms with van der Waals surface area (Å²) in [4.78, 5) is 29.6. The van der Waals surface area contributed by atoms with Crippen LogP contribution in [0.4, 0.5) is 14.9 Å². The maximum absolute atomic E-state index is 13.4. The number of hydrogen-bond acceptors (Lipinski definition) is 3. The Kier molecular flexibility index (Phi) is 6.11. The van der Waals surface area contributed by atoms with Crippen LogP contribution in [0.15, 0.2) is 42.5 Å². The Morgan fingerprint density at radius 1 is 1.16 bits per heavy atom. The van der Waals surface area contributed by atoms with Crippen molar-refractivity contribution in [3.05, 3.63) is 59.4 Å². The molecule has 1 saturated heterocycles. The van der Waals surface area contributed by atoms with Crippen LogP contribution in [0, 0.1) is 18.7 Å². The molecule has 31 heavy (non-hydrogen) atoms. The van der Waals surface area contributed by atoms with Crippen LogP contribution >= 0.6 is 0 Å². The molecular formula is C24H28FN3O3. The van der Waals surface area contributed by atoms with Gasteiger partial charge >= 0.3 is 6.03 Å². The molecule has 2 aromatic carbocycles. The van der Waals surface area contributed by atoms with E-state index in [-0.39, 0.29) is 29.8 Å². The minimum atomic E-state index is -0.300. The molecule has 7 heteroatoms. The van der Waals surface area contributed by atoms with Gasteiger partial charge in [-0.1, -0.05) is 18.2 Å². The first-order valence-electron chi connectivity index (χ1n) is 10.8. The minimum absolute atomic E-state index is 0.0755. The van der Waals surface area contributed by atoms with Gasteiger partial charge < -0.3 is 15.0 Å². The normalized spacial score (nSPS) is 20.6. The number of hydrogen-bond donors (Lipinski definition) is 1. The smallest absolute Gasteiger partial charge is 0.324 e. The summed E-state index contributed by atoms with van der Waals surface area (Å²) >= 11 is 0. The number of halogens is 1. The minimum Gasteiger partial charge on any atom is -0.487 e. The SMILES string of the molecule is Cc1ccc2c(c1)N(C(=O)N1CCC[C@@H](C(=O)NCc3ccc(F)cc3)C1)C[C@@H](C)O2. The predicted octanol–water partition coefficient (Wildman–Crippen LogP) is 3.87. The summed E-state index contributed by atoms with van der Waals surface area (Å²) < 4.78 is 18.9. The van der Waals surface area contributed by atoms with Gasteiger partial charge in [0.15, 0.2) is 0 Å². The van der Waals surface area contributed by atoms with Gasteiger partial charge in [0.25, 0.3) is 0 Å². The number of urea groups is 1. The summed E-state index contributed by atoms with van der Waals surface area (Å²) in [5.41, 5.74) is 2.69. The van der Waals surface area contributed by atoms with Crippen molar-refractivity contribution in [3.63, 3.8) is 0 Å². The molecule has 6 nitrogen and oxygen atoms in total. The molecular weight excluding hydrogens is 397 g/mol. The first-order chi connectivity index (χ1) is 14.9. The van der Waals surface area contributed by atoms with E-state index in [0.717, 1.165) is 29.7 Å². The number of benzene rings is 2. The summed E-state index contributed by atoms with van der Waals surface area (Å²) in [6.07, 6.45) is 1.42. The lowest BCUT2D eigenvalue weighted by atomic mass is 9.97. The molecule has 164 valence electrons. The van der Waals surface area contributed by atoms with Crippen molar-refractivity contribution >= 4 is 17.6 Å².